The summed E-state index contributed by atoms with van der Waals surface area (Å²) in [6, 6.07) is 2.54. The predicted molar refractivity (Wildman–Crippen MR) is 125 cm³/mol. The van der Waals surface area contributed by atoms with Gasteiger partial charge in [-0.3, -0.25) is 0 Å². The van der Waals surface area contributed by atoms with Gasteiger partial charge in [0.15, 0.2) is 17.3 Å². The monoisotopic (exact) mass is 482 g/mol. The zero-order chi connectivity index (χ0) is 23.2. The molecule has 1 saturated heterocycles. The third kappa shape index (κ3) is 3.62. The minimum Gasteiger partial charge on any atom is -0.347 e. The highest BCUT2D eigenvalue weighted by Gasteiger charge is 2.22. The Labute approximate surface area is 196 Å². The number of imidazole rings is 1. The SMILES string of the molecule is CN1CCN(c2nc(NCc3nc4c(F)c(F)ccc4[nH]3)n3ncc(-c4nccs4)c3n2)CC1. The maximum Gasteiger partial charge on any atom is 0.230 e. The van der Waals surface area contributed by atoms with E-state index in [0.29, 0.717) is 28.9 Å². The summed E-state index contributed by atoms with van der Waals surface area (Å²) in [5, 5.41) is 10.4. The van der Waals surface area contributed by atoms with Gasteiger partial charge in [0.05, 0.1) is 23.8 Å². The molecule has 1 aliphatic rings. The number of piperazine rings is 1. The van der Waals surface area contributed by atoms with Crippen molar-refractivity contribution in [1.82, 2.24) is 39.4 Å². The Kier molecular flexibility index (Phi) is 5.07. The van der Waals surface area contributed by atoms with Gasteiger partial charge in [0.25, 0.3) is 0 Å². The molecule has 0 unspecified atom stereocenters. The number of benzene rings is 1. The fourth-order valence-corrected chi connectivity index (χ4v) is 4.59. The molecule has 4 aromatic heterocycles. The largest absolute Gasteiger partial charge is 0.347 e. The van der Waals surface area contributed by atoms with Crippen molar-refractivity contribution in [2.24, 2.45) is 0 Å². The van der Waals surface area contributed by atoms with Gasteiger partial charge >= 0.3 is 0 Å². The summed E-state index contributed by atoms with van der Waals surface area (Å²) >= 11 is 1.51. The first-order valence-electron chi connectivity index (χ1n) is 10.7. The number of anilines is 2. The first-order valence-corrected chi connectivity index (χ1v) is 11.6. The number of halogens is 2. The van der Waals surface area contributed by atoms with Gasteiger partial charge in [-0.15, -0.1) is 11.3 Å². The fourth-order valence-electron chi connectivity index (χ4n) is 3.95. The molecule has 0 aliphatic carbocycles. The Morgan fingerprint density at radius 1 is 1.12 bits per heavy atom. The summed E-state index contributed by atoms with van der Waals surface area (Å²) in [4.78, 5) is 25.6. The topological polar surface area (TPSA) is 103 Å². The van der Waals surface area contributed by atoms with Gasteiger partial charge in [0.2, 0.25) is 11.9 Å². The third-order valence-electron chi connectivity index (χ3n) is 5.81. The van der Waals surface area contributed by atoms with Crippen LogP contribution in [0.4, 0.5) is 20.7 Å². The maximum atomic E-state index is 14.1. The first-order chi connectivity index (χ1) is 16.6. The van der Waals surface area contributed by atoms with E-state index in [1.807, 2.05) is 5.38 Å². The van der Waals surface area contributed by atoms with Crippen LogP contribution in [-0.4, -0.2) is 72.7 Å². The molecule has 0 atom stereocenters. The third-order valence-corrected chi connectivity index (χ3v) is 6.62. The number of hydrogen-bond donors (Lipinski definition) is 2. The van der Waals surface area contributed by atoms with E-state index in [0.717, 1.165) is 42.8 Å². The Morgan fingerprint density at radius 3 is 2.76 bits per heavy atom. The van der Waals surface area contributed by atoms with Crippen molar-refractivity contribution >= 4 is 39.9 Å². The smallest absolute Gasteiger partial charge is 0.230 e. The highest BCUT2D eigenvalue weighted by molar-refractivity contribution is 7.13. The Balaban J connectivity index is 1.37. The lowest BCUT2D eigenvalue weighted by molar-refractivity contribution is 0.311. The molecule has 34 heavy (non-hydrogen) atoms. The number of fused-ring (bicyclic) bond motifs is 2. The standard InChI is InChI=1S/C21H20F2N10S/c1-31-5-7-32(8-6-31)21-29-18-12(19-24-4-9-34-19)10-26-33(18)20(30-21)25-11-15-27-14-3-2-13(22)16(23)17(14)28-15/h2-4,9-10H,5-8,11H2,1H3,(H,27,28)(H,25,29,30). The van der Waals surface area contributed by atoms with E-state index < -0.39 is 11.6 Å². The highest BCUT2D eigenvalue weighted by atomic mass is 32.1. The lowest BCUT2D eigenvalue weighted by Crippen LogP contribution is -2.45. The van der Waals surface area contributed by atoms with Crippen molar-refractivity contribution in [3.8, 4) is 10.6 Å². The van der Waals surface area contributed by atoms with Crippen molar-refractivity contribution < 1.29 is 8.78 Å². The van der Waals surface area contributed by atoms with Crippen molar-refractivity contribution in [3.63, 3.8) is 0 Å². The summed E-state index contributed by atoms with van der Waals surface area (Å²) < 4.78 is 29.3. The average molecular weight is 483 g/mol. The first kappa shape index (κ1) is 20.9. The molecule has 2 N–H and O–H groups in total. The van der Waals surface area contributed by atoms with Gasteiger partial charge < -0.3 is 20.1 Å². The number of likely N-dealkylation sites (N-methyl/N-ethyl adjacent to an activating group) is 1. The lowest BCUT2D eigenvalue weighted by Gasteiger charge is -2.32. The van der Waals surface area contributed by atoms with Gasteiger partial charge in [-0.25, -0.2) is 18.7 Å². The second-order valence-electron chi connectivity index (χ2n) is 8.06. The minimum atomic E-state index is -0.970. The number of aromatic amines is 1. The van der Waals surface area contributed by atoms with E-state index in [1.54, 1.807) is 16.9 Å². The van der Waals surface area contributed by atoms with Crippen LogP contribution in [0.15, 0.2) is 29.9 Å². The molecule has 0 spiro atoms. The second-order valence-corrected chi connectivity index (χ2v) is 8.96. The zero-order valence-electron chi connectivity index (χ0n) is 18.2. The summed E-state index contributed by atoms with van der Waals surface area (Å²) in [6.07, 6.45) is 3.47. The van der Waals surface area contributed by atoms with E-state index in [2.05, 4.69) is 42.2 Å². The summed E-state index contributed by atoms with van der Waals surface area (Å²) in [5.41, 5.74) is 1.84. The van der Waals surface area contributed by atoms with Gasteiger partial charge in [-0.1, -0.05) is 0 Å². The maximum absolute atomic E-state index is 14.1. The summed E-state index contributed by atoms with van der Waals surface area (Å²) in [6.45, 7) is 3.65. The molecule has 13 heteroatoms. The molecule has 0 saturated carbocycles. The van der Waals surface area contributed by atoms with Crippen molar-refractivity contribution in [2.75, 3.05) is 43.4 Å². The molecule has 1 aliphatic heterocycles. The minimum absolute atomic E-state index is 0.0343. The number of rotatable bonds is 5. The van der Waals surface area contributed by atoms with Crippen LogP contribution in [0.3, 0.4) is 0 Å². The van der Waals surface area contributed by atoms with Crippen molar-refractivity contribution in [3.05, 3.63) is 47.4 Å². The predicted octanol–water partition coefficient (Wildman–Crippen LogP) is 2.77. The molecular weight excluding hydrogens is 462 g/mol. The van der Waals surface area contributed by atoms with Crippen LogP contribution >= 0.6 is 11.3 Å². The Bertz CT molecular complexity index is 1470. The number of nitrogens with one attached hydrogen (secondary N) is 2. The van der Waals surface area contributed by atoms with Crippen LogP contribution in [0.25, 0.3) is 27.3 Å². The van der Waals surface area contributed by atoms with Crippen LogP contribution in [-0.2, 0) is 6.54 Å². The quantitative estimate of drug-likeness (QED) is 0.394. The van der Waals surface area contributed by atoms with E-state index in [9.17, 15) is 8.78 Å². The number of hydrogen-bond acceptors (Lipinski definition) is 9. The van der Waals surface area contributed by atoms with Gasteiger partial charge in [-0.05, 0) is 19.2 Å². The Morgan fingerprint density at radius 2 is 1.97 bits per heavy atom. The van der Waals surface area contributed by atoms with Crippen LogP contribution in [0.2, 0.25) is 0 Å². The zero-order valence-corrected chi connectivity index (χ0v) is 19.0. The molecule has 0 amide bonds. The van der Waals surface area contributed by atoms with Crippen LogP contribution in [0.1, 0.15) is 5.82 Å². The molecule has 5 aromatic rings. The number of aromatic nitrogens is 7. The van der Waals surface area contributed by atoms with Crippen LogP contribution < -0.4 is 10.2 Å². The van der Waals surface area contributed by atoms with Gasteiger partial charge in [0.1, 0.15) is 16.3 Å². The van der Waals surface area contributed by atoms with E-state index in [1.165, 1.54) is 17.4 Å². The van der Waals surface area contributed by atoms with Crippen molar-refractivity contribution in [2.45, 2.75) is 6.54 Å². The average Bonchev–Trinajstić information content (AvgIpc) is 3.60. The summed E-state index contributed by atoms with van der Waals surface area (Å²) in [5.74, 6) is -0.395. The molecular formula is C21H20F2N10S. The number of H-pyrrole nitrogens is 1. The normalized spacial score (nSPS) is 15.0. The Hall–Kier alpha value is -3.71. The molecule has 1 aromatic carbocycles. The molecule has 10 nitrogen and oxygen atoms in total. The molecule has 5 heterocycles. The highest BCUT2D eigenvalue weighted by Crippen LogP contribution is 2.28. The van der Waals surface area contributed by atoms with Crippen LogP contribution in [0, 0.1) is 11.6 Å². The number of thiazole rings is 1. The van der Waals surface area contributed by atoms with Gasteiger partial charge in [-0.2, -0.15) is 19.6 Å². The number of nitrogens with zero attached hydrogens (tertiary/aromatic N) is 8. The van der Waals surface area contributed by atoms with E-state index in [-0.39, 0.29) is 12.1 Å². The van der Waals surface area contributed by atoms with E-state index in [4.69, 9.17) is 9.97 Å². The molecule has 1 fully saturated rings. The molecule has 174 valence electrons. The van der Waals surface area contributed by atoms with E-state index >= 15 is 0 Å². The molecule has 0 radical (unpaired) electrons. The molecule has 6 rings (SSSR count). The second kappa shape index (κ2) is 8.25. The van der Waals surface area contributed by atoms with Crippen LogP contribution in [0.5, 0.6) is 0 Å². The molecule has 0 bridgehead atoms. The summed E-state index contributed by atoms with van der Waals surface area (Å²) in [7, 11) is 2.09. The fraction of sp³-hybridized carbons (Fsp3) is 0.286. The van der Waals surface area contributed by atoms with Crippen molar-refractivity contribution in [1.29, 1.82) is 0 Å². The lowest BCUT2D eigenvalue weighted by atomic mass is 10.3. The van der Waals surface area contributed by atoms with Gasteiger partial charge in [0, 0.05) is 37.8 Å².